The molecule has 1 heterocycles. The molecule has 0 atom stereocenters. The van der Waals surface area contributed by atoms with Gasteiger partial charge in [-0.2, -0.15) is 0 Å². The summed E-state index contributed by atoms with van der Waals surface area (Å²) in [5.74, 6) is 0.0286. The number of amides is 3. The zero-order valence-corrected chi connectivity index (χ0v) is 18.4. The number of anilines is 1. The summed E-state index contributed by atoms with van der Waals surface area (Å²) in [4.78, 5) is 39.7. The number of rotatable bonds is 5. The smallest absolute Gasteiger partial charge is 0.253 e. The van der Waals surface area contributed by atoms with Gasteiger partial charge in [0.1, 0.15) is 0 Å². The molecule has 6 heteroatoms. The zero-order valence-electron chi connectivity index (χ0n) is 18.4. The summed E-state index contributed by atoms with van der Waals surface area (Å²) in [6.45, 7) is 1.19. The maximum Gasteiger partial charge on any atom is 0.253 e. The van der Waals surface area contributed by atoms with E-state index in [1.54, 1.807) is 24.3 Å². The van der Waals surface area contributed by atoms with Crippen LogP contribution in [0, 0.1) is 5.92 Å². The molecule has 0 radical (unpaired) electrons. The lowest BCUT2D eigenvalue weighted by Crippen LogP contribution is -2.46. The van der Waals surface area contributed by atoms with Crippen molar-refractivity contribution < 1.29 is 14.4 Å². The number of benzene rings is 2. The second-order valence-corrected chi connectivity index (χ2v) is 8.81. The Hall–Kier alpha value is -3.15. The number of carbonyl (C=O) groups is 3. The SMILES string of the molecule is O=C(NC1CCN(C(=O)c2cccc(NC(=O)C3CCCCC3)c2)CC1)c1ccccc1. The minimum absolute atomic E-state index is 0.0356. The first-order chi connectivity index (χ1) is 15.6. The van der Waals surface area contributed by atoms with Gasteiger partial charge in [-0.15, -0.1) is 0 Å². The van der Waals surface area contributed by atoms with Gasteiger partial charge in [0.15, 0.2) is 0 Å². The van der Waals surface area contributed by atoms with Crippen LogP contribution in [0.1, 0.15) is 65.7 Å². The molecule has 1 aliphatic carbocycles. The second kappa shape index (κ2) is 10.4. The number of nitrogens with zero attached hydrogens (tertiary/aromatic N) is 1. The van der Waals surface area contributed by atoms with Crippen molar-refractivity contribution in [1.82, 2.24) is 10.2 Å². The summed E-state index contributed by atoms with van der Waals surface area (Å²) >= 11 is 0. The lowest BCUT2D eigenvalue weighted by Gasteiger charge is -2.32. The molecule has 168 valence electrons. The van der Waals surface area contributed by atoms with Gasteiger partial charge < -0.3 is 15.5 Å². The molecule has 2 fully saturated rings. The number of nitrogens with one attached hydrogen (secondary N) is 2. The van der Waals surface area contributed by atoms with Gasteiger partial charge in [0.2, 0.25) is 5.91 Å². The van der Waals surface area contributed by atoms with Crippen molar-refractivity contribution in [3.63, 3.8) is 0 Å². The number of likely N-dealkylation sites (tertiary alicyclic amines) is 1. The maximum atomic E-state index is 13.0. The monoisotopic (exact) mass is 433 g/mol. The van der Waals surface area contributed by atoms with E-state index in [1.165, 1.54) is 6.42 Å². The molecule has 0 bridgehead atoms. The molecular weight excluding hydrogens is 402 g/mol. The van der Waals surface area contributed by atoms with Crippen LogP contribution in [-0.2, 0) is 4.79 Å². The predicted molar refractivity (Wildman–Crippen MR) is 124 cm³/mol. The Labute approximate surface area is 189 Å². The molecule has 2 aromatic carbocycles. The molecule has 6 nitrogen and oxygen atoms in total. The van der Waals surface area contributed by atoms with E-state index >= 15 is 0 Å². The van der Waals surface area contributed by atoms with Crippen molar-refractivity contribution in [1.29, 1.82) is 0 Å². The first-order valence-electron chi connectivity index (χ1n) is 11.7. The van der Waals surface area contributed by atoms with Crippen LogP contribution in [0.15, 0.2) is 54.6 Å². The van der Waals surface area contributed by atoms with Crippen molar-refractivity contribution in [3.8, 4) is 0 Å². The minimum atomic E-state index is -0.0724. The third-order valence-electron chi connectivity index (χ3n) is 6.51. The van der Waals surface area contributed by atoms with E-state index < -0.39 is 0 Å². The summed E-state index contributed by atoms with van der Waals surface area (Å²) < 4.78 is 0. The first kappa shape index (κ1) is 22.1. The summed E-state index contributed by atoms with van der Waals surface area (Å²) in [6, 6.07) is 16.5. The first-order valence-corrected chi connectivity index (χ1v) is 11.7. The maximum absolute atomic E-state index is 13.0. The molecule has 1 saturated heterocycles. The Morgan fingerprint density at radius 1 is 0.781 bits per heavy atom. The van der Waals surface area contributed by atoms with E-state index in [9.17, 15) is 14.4 Å². The highest BCUT2D eigenvalue weighted by Crippen LogP contribution is 2.25. The lowest BCUT2D eigenvalue weighted by atomic mass is 9.88. The average Bonchev–Trinajstić information content (AvgIpc) is 2.85. The Bertz CT molecular complexity index is 946. The molecule has 2 N–H and O–H groups in total. The van der Waals surface area contributed by atoms with Crippen molar-refractivity contribution in [3.05, 3.63) is 65.7 Å². The van der Waals surface area contributed by atoms with Crippen LogP contribution in [-0.4, -0.2) is 41.8 Å². The number of carbonyl (C=O) groups excluding carboxylic acids is 3. The fourth-order valence-corrected chi connectivity index (χ4v) is 4.61. The van der Waals surface area contributed by atoms with E-state index in [4.69, 9.17) is 0 Å². The van der Waals surface area contributed by atoms with Gasteiger partial charge in [-0.05, 0) is 56.0 Å². The van der Waals surface area contributed by atoms with Gasteiger partial charge in [-0.1, -0.05) is 43.5 Å². The Balaban J connectivity index is 1.30. The highest BCUT2D eigenvalue weighted by Gasteiger charge is 2.25. The second-order valence-electron chi connectivity index (χ2n) is 8.81. The minimum Gasteiger partial charge on any atom is -0.349 e. The molecule has 2 aliphatic rings. The van der Waals surface area contributed by atoms with E-state index in [-0.39, 0.29) is 29.7 Å². The van der Waals surface area contributed by atoms with Gasteiger partial charge in [0.25, 0.3) is 11.8 Å². The van der Waals surface area contributed by atoms with Crippen molar-refractivity contribution in [2.24, 2.45) is 5.92 Å². The Morgan fingerprint density at radius 2 is 1.47 bits per heavy atom. The molecular formula is C26H31N3O3. The van der Waals surface area contributed by atoms with Crippen LogP contribution in [0.4, 0.5) is 5.69 Å². The molecule has 4 rings (SSSR count). The van der Waals surface area contributed by atoms with Gasteiger partial charge >= 0.3 is 0 Å². The highest BCUT2D eigenvalue weighted by molar-refractivity contribution is 5.98. The molecule has 0 aromatic heterocycles. The van der Waals surface area contributed by atoms with Crippen LogP contribution in [0.5, 0.6) is 0 Å². The van der Waals surface area contributed by atoms with Crippen molar-refractivity contribution in [2.45, 2.75) is 51.0 Å². The zero-order chi connectivity index (χ0) is 22.3. The van der Waals surface area contributed by atoms with Crippen molar-refractivity contribution in [2.75, 3.05) is 18.4 Å². The largest absolute Gasteiger partial charge is 0.349 e. The Kier molecular flexibility index (Phi) is 7.20. The normalized spacial score (nSPS) is 17.6. The van der Waals surface area contributed by atoms with E-state index in [2.05, 4.69) is 10.6 Å². The highest BCUT2D eigenvalue weighted by atomic mass is 16.2. The quantitative estimate of drug-likeness (QED) is 0.740. The van der Waals surface area contributed by atoms with E-state index in [0.717, 1.165) is 38.5 Å². The predicted octanol–water partition coefficient (Wildman–Crippen LogP) is 4.24. The van der Waals surface area contributed by atoms with Crippen LogP contribution in [0.3, 0.4) is 0 Å². The third kappa shape index (κ3) is 5.55. The molecule has 32 heavy (non-hydrogen) atoms. The molecule has 0 unspecified atom stereocenters. The number of piperidine rings is 1. The lowest BCUT2D eigenvalue weighted by molar-refractivity contribution is -0.120. The number of hydrogen-bond acceptors (Lipinski definition) is 3. The molecule has 1 saturated carbocycles. The van der Waals surface area contributed by atoms with Crippen LogP contribution < -0.4 is 10.6 Å². The van der Waals surface area contributed by atoms with Crippen LogP contribution >= 0.6 is 0 Å². The Morgan fingerprint density at radius 3 is 2.19 bits per heavy atom. The van der Waals surface area contributed by atoms with Crippen molar-refractivity contribution >= 4 is 23.4 Å². The topological polar surface area (TPSA) is 78.5 Å². The van der Waals surface area contributed by atoms with E-state index in [0.29, 0.717) is 29.9 Å². The van der Waals surface area contributed by atoms with Gasteiger partial charge in [0.05, 0.1) is 0 Å². The molecule has 0 spiro atoms. The molecule has 2 aromatic rings. The van der Waals surface area contributed by atoms with Crippen LogP contribution in [0.2, 0.25) is 0 Å². The molecule has 3 amide bonds. The van der Waals surface area contributed by atoms with E-state index in [1.807, 2.05) is 35.2 Å². The fraction of sp³-hybridized carbons (Fsp3) is 0.423. The summed E-state index contributed by atoms with van der Waals surface area (Å²) in [6.07, 6.45) is 6.77. The summed E-state index contributed by atoms with van der Waals surface area (Å²) in [5, 5.41) is 6.07. The molecule has 1 aliphatic heterocycles. The fourth-order valence-electron chi connectivity index (χ4n) is 4.61. The van der Waals surface area contributed by atoms with Gasteiger partial charge in [-0.25, -0.2) is 0 Å². The van der Waals surface area contributed by atoms with Gasteiger partial charge in [0, 0.05) is 41.9 Å². The summed E-state index contributed by atoms with van der Waals surface area (Å²) in [5.41, 5.74) is 1.91. The summed E-state index contributed by atoms with van der Waals surface area (Å²) in [7, 11) is 0. The van der Waals surface area contributed by atoms with Crippen LogP contribution in [0.25, 0.3) is 0 Å². The average molecular weight is 434 g/mol. The number of hydrogen-bond donors (Lipinski definition) is 2. The standard InChI is InChI=1S/C26H31N3O3/c30-24(19-8-3-1-4-9-19)27-22-14-16-29(17-15-22)26(32)21-12-7-13-23(18-21)28-25(31)20-10-5-2-6-11-20/h1,3-4,7-9,12-13,18,20,22H,2,5-6,10-11,14-17H2,(H,27,30)(H,28,31). The van der Waals surface area contributed by atoms with Gasteiger partial charge in [-0.3, -0.25) is 14.4 Å². The third-order valence-corrected chi connectivity index (χ3v) is 6.51.